The van der Waals surface area contributed by atoms with Gasteiger partial charge >= 0.3 is 10.4 Å². The smallest absolute Gasteiger partial charge is 0.397 e. The van der Waals surface area contributed by atoms with E-state index >= 15 is 0 Å². The van der Waals surface area contributed by atoms with Gasteiger partial charge in [-0.05, 0) is 41.8 Å². The summed E-state index contributed by atoms with van der Waals surface area (Å²) in [6, 6.07) is 8.49. The molecular weight excluding hydrogens is 935 g/mol. The molecule has 4 aromatic carbocycles. The van der Waals surface area contributed by atoms with Gasteiger partial charge in [-0.25, -0.2) is 31.5 Å². The Bertz CT molecular complexity index is 2720. The van der Waals surface area contributed by atoms with Crippen molar-refractivity contribution < 1.29 is 95.0 Å². The molecule has 0 radical (unpaired) electrons. The second-order valence-corrected chi connectivity index (χ2v) is 18.9. The number of azo groups is 2. The Morgan fingerprint density at radius 3 is 1.95 bits per heavy atom. The van der Waals surface area contributed by atoms with Crippen molar-refractivity contribution in [2.45, 2.75) is 19.6 Å². The topological polar surface area (TPSA) is 387 Å². The minimum atomic E-state index is -5.14. The second kappa shape index (κ2) is 20.5. The monoisotopic (exact) mass is 963 g/mol. The first-order valence-electron chi connectivity index (χ1n) is 15.4. The van der Waals surface area contributed by atoms with Crippen LogP contribution in [-0.2, 0) is 67.3 Å². The highest BCUT2D eigenvalue weighted by Crippen LogP contribution is 2.50. The lowest BCUT2D eigenvalue weighted by Gasteiger charge is -2.15. The number of anilines is 1. The maximum Gasteiger partial charge on any atom is 0.397 e. The summed E-state index contributed by atoms with van der Waals surface area (Å²) in [5.74, 6) is -2.67. The van der Waals surface area contributed by atoms with Crippen molar-refractivity contribution in [3.8, 4) is 17.2 Å². The van der Waals surface area contributed by atoms with E-state index in [0.717, 1.165) is 55.6 Å². The highest BCUT2D eigenvalue weighted by molar-refractivity contribution is 7.94. The number of nitrogens with zero attached hydrogens (tertiary/aromatic N) is 4. The third kappa shape index (κ3) is 12.4. The van der Waals surface area contributed by atoms with Gasteiger partial charge in [0.1, 0.15) is 38.4 Å². The van der Waals surface area contributed by atoms with E-state index in [4.69, 9.17) is 34.5 Å². The summed E-state index contributed by atoms with van der Waals surface area (Å²) in [7, 11) is -15.9. The van der Waals surface area contributed by atoms with Gasteiger partial charge in [0, 0.05) is 12.1 Å². The van der Waals surface area contributed by atoms with Gasteiger partial charge in [-0.3, -0.25) is 13.3 Å². The first-order chi connectivity index (χ1) is 28.2. The minimum Gasteiger partial charge on any atom is -0.505 e. The van der Waals surface area contributed by atoms with E-state index in [1.54, 1.807) is 0 Å². The molecule has 32 heteroatoms. The van der Waals surface area contributed by atoms with Crippen molar-refractivity contribution in [2.75, 3.05) is 44.7 Å². The number of methoxy groups -OCH3 is 2. The molecule has 0 unspecified atom stereocenters. The first-order valence-corrected chi connectivity index (χ1v) is 23.0. The number of benzene rings is 4. The Kier molecular flexibility index (Phi) is 16.5. The molecule has 0 spiro atoms. The van der Waals surface area contributed by atoms with Gasteiger partial charge in [-0.2, -0.15) is 21.9 Å². The summed E-state index contributed by atoms with van der Waals surface area (Å²) in [4.78, 5) is -1.81. The summed E-state index contributed by atoms with van der Waals surface area (Å²) in [5.41, 5.74) is 4.28. The van der Waals surface area contributed by atoms with Crippen molar-refractivity contribution >= 4 is 104 Å². The van der Waals surface area contributed by atoms with Gasteiger partial charge in [0.25, 0.3) is 10.1 Å². The molecule has 0 aliphatic carbocycles. The van der Waals surface area contributed by atoms with E-state index in [2.05, 4.69) is 43.4 Å². The number of hydrogen-bond acceptors (Lipinski definition) is 26. The fourth-order valence-corrected chi connectivity index (χ4v) is 9.05. The Morgan fingerprint density at radius 2 is 1.35 bits per heavy atom. The number of nitrogen functional groups attached to an aromatic ring is 1. The van der Waals surface area contributed by atoms with E-state index < -0.39 is 92.6 Å². The molecule has 26 nitrogen and oxygen atoms in total. The summed E-state index contributed by atoms with van der Waals surface area (Å²) in [6.07, 6.45) is 0. The molecular formula is C28H29N5O21S6. The second-order valence-electron chi connectivity index (χ2n) is 11.0. The van der Waals surface area contributed by atoms with Crippen molar-refractivity contribution in [3.05, 3.63) is 48.5 Å². The molecule has 0 bridgehead atoms. The third-order valence-electron chi connectivity index (χ3n) is 7.39. The van der Waals surface area contributed by atoms with E-state index in [1.165, 1.54) is 7.11 Å². The first kappa shape index (κ1) is 48.3. The molecule has 4 aromatic rings. The minimum absolute atomic E-state index is 0.0891. The SMILES string of the molecule is COc1cc(S(=O)(=O)CCOSOOO)c(OC)cc1N=Nc1c(SOOO)cc2cc(S(=O)(=O)O)c(N=Nc3ccc(S(=O)(=O)CCOS(=O)(=O)O)cc3)c(N)c2c1O. The van der Waals surface area contributed by atoms with Crippen LogP contribution in [0.2, 0.25) is 0 Å². The van der Waals surface area contributed by atoms with Gasteiger partial charge in [0.15, 0.2) is 37.7 Å². The van der Waals surface area contributed by atoms with Crippen LogP contribution in [0.3, 0.4) is 0 Å². The van der Waals surface area contributed by atoms with Crippen LogP contribution in [0.1, 0.15) is 0 Å². The Hall–Kier alpha value is -4.36. The van der Waals surface area contributed by atoms with Gasteiger partial charge < -0.3 is 20.3 Å². The van der Waals surface area contributed by atoms with Crippen LogP contribution in [-0.4, -0.2) is 97.3 Å². The zero-order valence-electron chi connectivity index (χ0n) is 30.0. The number of sulfone groups is 2. The number of phenolic OH excluding ortho intramolecular Hbond substituents is 1. The van der Waals surface area contributed by atoms with Gasteiger partial charge in [-0.15, -0.1) is 24.0 Å². The molecule has 60 heavy (non-hydrogen) atoms. The standard InChI is InChI=1S/C28H29N5O21S6/c1-47-19-14-22(58(39,40)9-7-49-56-54-52-36)20(48-2)13-18(19)31-32-26-21(55-53-51-35)11-15-12-23(59(41,42)43)27(25(29)24(15)28(26)34)33-30-16-3-5-17(6-4-16)57(37,38)10-8-50-60(44,45)46/h3-6,11-14,34-36H,7-10,29H2,1-2H3,(H,41,42,43)(H,44,45,46). The Morgan fingerprint density at radius 1 is 0.717 bits per heavy atom. The fourth-order valence-electron chi connectivity index (χ4n) is 4.82. The normalized spacial score (nSPS) is 12.8. The quantitative estimate of drug-likeness (QED) is 0.0114. The molecule has 7 N–H and O–H groups in total. The molecule has 0 aliphatic rings. The van der Waals surface area contributed by atoms with Crippen LogP contribution in [0.15, 0.2) is 88.6 Å². The predicted octanol–water partition coefficient (Wildman–Crippen LogP) is 5.02. The molecule has 0 saturated carbocycles. The lowest BCUT2D eigenvalue weighted by atomic mass is 10.1. The average molecular weight is 964 g/mol. The van der Waals surface area contributed by atoms with Gasteiger partial charge in [-0.1, -0.05) is 10.1 Å². The molecule has 0 fully saturated rings. The number of fused-ring (bicyclic) bond motifs is 1. The highest BCUT2D eigenvalue weighted by atomic mass is 32.3. The zero-order valence-corrected chi connectivity index (χ0v) is 34.9. The molecule has 0 aliphatic heterocycles. The predicted molar refractivity (Wildman–Crippen MR) is 205 cm³/mol. The zero-order chi connectivity index (χ0) is 44.5. The maximum absolute atomic E-state index is 13.1. The molecule has 0 heterocycles. The lowest BCUT2D eigenvalue weighted by molar-refractivity contribution is -0.434. The van der Waals surface area contributed by atoms with Crippen molar-refractivity contribution in [3.63, 3.8) is 0 Å². The number of phenols is 1. The Balaban J connectivity index is 1.80. The summed E-state index contributed by atoms with van der Waals surface area (Å²) < 4.78 is 144. The van der Waals surface area contributed by atoms with Crippen LogP contribution in [0.5, 0.6) is 17.2 Å². The van der Waals surface area contributed by atoms with Crippen molar-refractivity contribution in [1.82, 2.24) is 0 Å². The Labute approximate surface area is 347 Å². The number of rotatable bonds is 22. The van der Waals surface area contributed by atoms with Crippen molar-refractivity contribution in [1.29, 1.82) is 0 Å². The van der Waals surface area contributed by atoms with E-state index in [0.29, 0.717) is 0 Å². The number of nitrogens with two attached hydrogens (primary N) is 1. The van der Waals surface area contributed by atoms with Crippen LogP contribution in [0.25, 0.3) is 10.8 Å². The molecule has 0 atom stereocenters. The molecule has 0 amide bonds. The fraction of sp³-hybridized carbons (Fsp3) is 0.214. The number of ether oxygens (including phenoxy) is 2. The van der Waals surface area contributed by atoms with E-state index in [1.807, 2.05) is 0 Å². The van der Waals surface area contributed by atoms with Crippen LogP contribution in [0.4, 0.5) is 28.4 Å². The third-order valence-corrected chi connectivity index (χ3v) is 13.1. The summed E-state index contributed by atoms with van der Waals surface area (Å²) >= 11 is 0.402. The van der Waals surface area contributed by atoms with Gasteiger partial charge in [0.05, 0.1) is 77.5 Å². The van der Waals surface area contributed by atoms with E-state index in [9.17, 15) is 43.3 Å². The molecule has 0 saturated heterocycles. The highest BCUT2D eigenvalue weighted by Gasteiger charge is 2.27. The maximum atomic E-state index is 13.1. The molecule has 0 aromatic heterocycles. The van der Waals surface area contributed by atoms with Gasteiger partial charge in [0.2, 0.25) is 0 Å². The van der Waals surface area contributed by atoms with Crippen molar-refractivity contribution in [2.24, 2.45) is 20.5 Å². The largest absolute Gasteiger partial charge is 0.505 e. The number of hydrogen-bond donors (Lipinski definition) is 6. The summed E-state index contributed by atoms with van der Waals surface area (Å²) in [6.45, 7) is -1.31. The average Bonchev–Trinajstić information content (AvgIpc) is 3.17. The van der Waals surface area contributed by atoms with Crippen LogP contribution >= 0.6 is 24.4 Å². The van der Waals surface area contributed by atoms with Crippen LogP contribution in [0, 0.1) is 0 Å². The lowest BCUT2D eigenvalue weighted by Crippen LogP contribution is -2.15. The molecule has 4 rings (SSSR count). The van der Waals surface area contributed by atoms with Crippen LogP contribution < -0.4 is 15.2 Å². The molecule has 328 valence electrons. The summed E-state index contributed by atoms with van der Waals surface area (Å²) in [5, 5.41) is 50.8. The number of aromatic hydroxyl groups is 1. The van der Waals surface area contributed by atoms with E-state index in [-0.39, 0.29) is 72.7 Å².